The van der Waals surface area contributed by atoms with Crippen LogP contribution in [0.3, 0.4) is 0 Å². The molecule has 1 amide bonds. The van der Waals surface area contributed by atoms with Gasteiger partial charge in [0.15, 0.2) is 14.6 Å². The fourth-order valence-corrected chi connectivity index (χ4v) is 5.58. The summed E-state index contributed by atoms with van der Waals surface area (Å²) in [4.78, 5) is 13.0. The molecule has 0 bridgehead atoms. The average molecular weight is 416 g/mol. The summed E-state index contributed by atoms with van der Waals surface area (Å²) in [5, 5.41) is 3.01. The van der Waals surface area contributed by atoms with Crippen LogP contribution in [0.2, 0.25) is 10.0 Å². The third kappa shape index (κ3) is 3.33. The maximum Gasteiger partial charge on any atom is 0.246 e. The predicted octanol–water partition coefficient (Wildman–Crippen LogP) is 4.86. The van der Waals surface area contributed by atoms with Crippen LogP contribution in [-0.2, 0) is 14.6 Å². The molecule has 3 rings (SSSR count). The summed E-state index contributed by atoms with van der Waals surface area (Å²) in [6.45, 7) is 0. The lowest BCUT2D eigenvalue weighted by Crippen LogP contribution is -2.47. The highest BCUT2D eigenvalue weighted by atomic mass is 35.5. The lowest BCUT2D eigenvalue weighted by atomic mass is 10.1. The van der Waals surface area contributed by atoms with Gasteiger partial charge in [0.1, 0.15) is 5.82 Å². The van der Waals surface area contributed by atoms with Crippen molar-refractivity contribution in [1.82, 2.24) is 0 Å². The van der Waals surface area contributed by atoms with Crippen LogP contribution in [0, 0.1) is 5.82 Å². The third-order valence-corrected chi connectivity index (χ3v) is 7.65. The molecule has 1 aliphatic carbocycles. The minimum absolute atomic E-state index is 0.0236. The van der Waals surface area contributed by atoms with Gasteiger partial charge in [0.05, 0.1) is 10.6 Å². The smallest absolute Gasteiger partial charge is 0.246 e. The maximum atomic E-state index is 14.0. The van der Waals surface area contributed by atoms with Crippen molar-refractivity contribution in [2.75, 3.05) is 5.32 Å². The molecule has 138 valence electrons. The van der Waals surface area contributed by atoms with Gasteiger partial charge in [0.2, 0.25) is 5.91 Å². The van der Waals surface area contributed by atoms with E-state index in [9.17, 15) is 17.6 Å². The van der Waals surface area contributed by atoms with E-state index >= 15 is 0 Å². The number of amides is 1. The van der Waals surface area contributed by atoms with E-state index in [1.807, 2.05) is 0 Å². The molecule has 0 atom stereocenters. The van der Waals surface area contributed by atoms with Gasteiger partial charge in [0, 0.05) is 10.0 Å². The Labute approximate surface area is 161 Å². The van der Waals surface area contributed by atoms with E-state index in [1.54, 1.807) is 0 Å². The highest BCUT2D eigenvalue weighted by Gasteiger charge is 2.53. The molecular weight excluding hydrogens is 400 g/mol. The van der Waals surface area contributed by atoms with Crippen molar-refractivity contribution in [2.45, 2.75) is 35.3 Å². The van der Waals surface area contributed by atoms with Crippen LogP contribution in [0.5, 0.6) is 0 Å². The topological polar surface area (TPSA) is 63.2 Å². The Kier molecular flexibility index (Phi) is 5.28. The summed E-state index contributed by atoms with van der Waals surface area (Å²) >= 11 is 11.5. The number of hydrogen-bond acceptors (Lipinski definition) is 3. The second-order valence-electron chi connectivity index (χ2n) is 6.24. The van der Waals surface area contributed by atoms with Crippen LogP contribution in [0.4, 0.5) is 10.1 Å². The molecule has 26 heavy (non-hydrogen) atoms. The van der Waals surface area contributed by atoms with Crippen molar-refractivity contribution in [3.05, 3.63) is 58.3 Å². The van der Waals surface area contributed by atoms with Crippen LogP contribution in [-0.4, -0.2) is 19.1 Å². The van der Waals surface area contributed by atoms with Gasteiger partial charge >= 0.3 is 0 Å². The molecule has 1 fully saturated rings. The van der Waals surface area contributed by atoms with E-state index < -0.39 is 26.3 Å². The number of benzene rings is 2. The Balaban J connectivity index is 1.99. The minimum atomic E-state index is -3.98. The SMILES string of the molecule is O=C(Nc1ccc(Cl)cc1F)C1(S(=O)(=O)c2ccc(Cl)cc2)CCCC1. The van der Waals surface area contributed by atoms with Gasteiger partial charge in [-0.1, -0.05) is 36.0 Å². The number of rotatable bonds is 4. The van der Waals surface area contributed by atoms with E-state index in [0.29, 0.717) is 17.9 Å². The highest BCUT2D eigenvalue weighted by molar-refractivity contribution is 7.93. The van der Waals surface area contributed by atoms with Gasteiger partial charge in [-0.25, -0.2) is 12.8 Å². The summed E-state index contributed by atoms with van der Waals surface area (Å²) < 4.78 is 38.8. The number of sulfone groups is 1. The molecule has 0 unspecified atom stereocenters. The molecule has 0 radical (unpaired) electrons. The molecule has 1 saturated carbocycles. The zero-order valence-electron chi connectivity index (χ0n) is 13.6. The molecule has 2 aromatic rings. The first-order valence-electron chi connectivity index (χ1n) is 8.03. The monoisotopic (exact) mass is 415 g/mol. The molecule has 4 nitrogen and oxygen atoms in total. The number of carbonyl (C=O) groups excluding carboxylic acids is 1. The van der Waals surface area contributed by atoms with Crippen LogP contribution in [0.1, 0.15) is 25.7 Å². The largest absolute Gasteiger partial charge is 0.322 e. The van der Waals surface area contributed by atoms with Crippen LogP contribution >= 0.6 is 23.2 Å². The van der Waals surface area contributed by atoms with E-state index in [4.69, 9.17) is 23.2 Å². The Morgan fingerprint density at radius 3 is 2.15 bits per heavy atom. The second kappa shape index (κ2) is 7.18. The highest BCUT2D eigenvalue weighted by Crippen LogP contribution is 2.41. The van der Waals surface area contributed by atoms with Crippen LogP contribution in [0.25, 0.3) is 0 Å². The van der Waals surface area contributed by atoms with E-state index in [0.717, 1.165) is 6.07 Å². The van der Waals surface area contributed by atoms with Crippen molar-refractivity contribution in [3.8, 4) is 0 Å². The number of anilines is 1. The van der Waals surface area contributed by atoms with Crippen LogP contribution in [0.15, 0.2) is 47.4 Å². The van der Waals surface area contributed by atoms with Crippen molar-refractivity contribution in [3.63, 3.8) is 0 Å². The number of carbonyl (C=O) groups is 1. The molecule has 8 heteroatoms. The first kappa shape index (κ1) is 19.1. The molecule has 2 aromatic carbocycles. The Bertz CT molecular complexity index is 939. The summed E-state index contributed by atoms with van der Waals surface area (Å²) in [6.07, 6.45) is 1.56. The molecule has 0 heterocycles. The standard InChI is InChI=1S/C18H16Cl2FNO3S/c19-12-3-6-14(7-4-12)26(24,25)18(9-1-2-10-18)17(23)22-16-8-5-13(20)11-15(16)21/h3-8,11H,1-2,9-10H2,(H,22,23). The summed E-state index contributed by atoms with van der Waals surface area (Å²) in [5.41, 5.74) is -0.100. The number of halogens is 3. The fraction of sp³-hybridized carbons (Fsp3) is 0.278. The van der Waals surface area contributed by atoms with Crippen LogP contribution < -0.4 is 5.32 Å². The summed E-state index contributed by atoms with van der Waals surface area (Å²) in [7, 11) is -3.98. The van der Waals surface area contributed by atoms with E-state index in [1.165, 1.54) is 36.4 Å². The van der Waals surface area contributed by atoms with Crippen molar-refractivity contribution in [2.24, 2.45) is 0 Å². The molecule has 0 aromatic heterocycles. The first-order chi connectivity index (χ1) is 12.3. The Morgan fingerprint density at radius 2 is 1.58 bits per heavy atom. The summed E-state index contributed by atoms with van der Waals surface area (Å²) in [5.74, 6) is -1.45. The fourth-order valence-electron chi connectivity index (χ4n) is 3.23. The van der Waals surface area contributed by atoms with Crippen molar-refractivity contribution in [1.29, 1.82) is 0 Å². The zero-order chi connectivity index (χ0) is 18.9. The third-order valence-electron chi connectivity index (χ3n) is 4.64. The minimum Gasteiger partial charge on any atom is -0.322 e. The predicted molar refractivity (Wildman–Crippen MR) is 99.9 cm³/mol. The zero-order valence-corrected chi connectivity index (χ0v) is 16.0. The van der Waals surface area contributed by atoms with Gasteiger partial charge in [-0.2, -0.15) is 0 Å². The van der Waals surface area contributed by atoms with E-state index in [2.05, 4.69) is 5.32 Å². The maximum absolute atomic E-state index is 14.0. The molecule has 1 N–H and O–H groups in total. The normalized spacial score (nSPS) is 16.4. The van der Waals surface area contributed by atoms with Crippen molar-refractivity contribution < 1.29 is 17.6 Å². The molecule has 0 saturated heterocycles. The van der Waals surface area contributed by atoms with Gasteiger partial charge in [-0.3, -0.25) is 4.79 Å². The molecule has 1 aliphatic rings. The van der Waals surface area contributed by atoms with Gasteiger partial charge in [-0.05, 0) is 55.3 Å². The van der Waals surface area contributed by atoms with Gasteiger partial charge < -0.3 is 5.32 Å². The lowest BCUT2D eigenvalue weighted by molar-refractivity contribution is -0.118. The lowest BCUT2D eigenvalue weighted by Gasteiger charge is -2.27. The van der Waals surface area contributed by atoms with Gasteiger partial charge in [-0.15, -0.1) is 0 Å². The number of hydrogen-bond donors (Lipinski definition) is 1. The number of nitrogens with one attached hydrogen (secondary N) is 1. The van der Waals surface area contributed by atoms with E-state index in [-0.39, 0.29) is 28.4 Å². The average Bonchev–Trinajstić information content (AvgIpc) is 3.09. The molecule has 0 spiro atoms. The Morgan fingerprint density at radius 1 is 1.00 bits per heavy atom. The summed E-state index contributed by atoms with van der Waals surface area (Å²) in [6, 6.07) is 9.50. The van der Waals surface area contributed by atoms with Crippen molar-refractivity contribution >= 4 is 44.6 Å². The second-order valence-corrected chi connectivity index (χ2v) is 9.37. The molecule has 0 aliphatic heterocycles. The van der Waals surface area contributed by atoms with Gasteiger partial charge in [0.25, 0.3) is 0 Å². The first-order valence-corrected chi connectivity index (χ1v) is 10.3. The molecular formula is C18H16Cl2FNO3S. The Hall–Kier alpha value is -1.63. The quantitative estimate of drug-likeness (QED) is 0.775.